The number of benzene rings is 1. The second-order valence-corrected chi connectivity index (χ2v) is 6.81. The summed E-state index contributed by atoms with van der Waals surface area (Å²) in [7, 11) is 0. The molecule has 0 aliphatic heterocycles. The Balaban J connectivity index is 1.68. The maximum atomic E-state index is 11.7. The lowest BCUT2D eigenvalue weighted by atomic mass is 10.2. The van der Waals surface area contributed by atoms with Crippen LogP contribution in [-0.2, 0) is 17.1 Å². The highest BCUT2D eigenvalue weighted by atomic mass is 79.9. The molecule has 0 fully saturated rings. The highest BCUT2D eigenvalue weighted by Crippen LogP contribution is 2.21. The molecule has 0 atom stereocenters. The molecule has 0 aliphatic carbocycles. The van der Waals surface area contributed by atoms with Crippen molar-refractivity contribution in [1.82, 2.24) is 5.32 Å². The van der Waals surface area contributed by atoms with Gasteiger partial charge in [-0.3, -0.25) is 4.79 Å². The third kappa shape index (κ3) is 5.01. The van der Waals surface area contributed by atoms with Gasteiger partial charge in [0.1, 0.15) is 0 Å². The smallest absolute Gasteiger partial charge is 0.230 e. The van der Waals surface area contributed by atoms with Gasteiger partial charge in [0, 0.05) is 15.1 Å². The van der Waals surface area contributed by atoms with E-state index < -0.39 is 0 Å². The molecule has 0 saturated heterocycles. The van der Waals surface area contributed by atoms with Crippen molar-refractivity contribution in [2.24, 2.45) is 0 Å². The van der Waals surface area contributed by atoms with Crippen molar-refractivity contribution >= 4 is 44.9 Å². The second kappa shape index (κ2) is 7.72. The first-order chi connectivity index (χ1) is 9.25. The van der Waals surface area contributed by atoms with Gasteiger partial charge in [0.15, 0.2) is 0 Å². The molecule has 1 aromatic carbocycles. The number of carbonyl (C=O) groups is 1. The monoisotopic (exact) mass is 355 g/mol. The molecule has 2 aromatic rings. The predicted molar refractivity (Wildman–Crippen MR) is 86.5 cm³/mol. The number of hydrogen-bond donors (Lipinski definition) is 1. The Morgan fingerprint density at radius 1 is 1.26 bits per heavy atom. The third-order valence-corrected chi connectivity index (χ3v) is 5.12. The van der Waals surface area contributed by atoms with E-state index in [0.717, 1.165) is 10.2 Å². The van der Waals surface area contributed by atoms with Crippen molar-refractivity contribution < 1.29 is 4.79 Å². The zero-order chi connectivity index (χ0) is 13.5. The first kappa shape index (κ1) is 14.6. The van der Waals surface area contributed by atoms with Crippen LogP contribution >= 0.6 is 39.0 Å². The fraction of sp³-hybridized carbons (Fsp3) is 0.214. The van der Waals surface area contributed by atoms with Crippen molar-refractivity contribution in [3.63, 3.8) is 0 Å². The molecule has 2 rings (SSSR count). The van der Waals surface area contributed by atoms with E-state index in [1.54, 1.807) is 23.1 Å². The van der Waals surface area contributed by atoms with E-state index in [0.29, 0.717) is 12.3 Å². The lowest BCUT2D eigenvalue weighted by Crippen LogP contribution is -2.24. The molecule has 2 nitrogen and oxygen atoms in total. The van der Waals surface area contributed by atoms with Crippen molar-refractivity contribution in [3.05, 3.63) is 56.7 Å². The number of thiophene rings is 1. The van der Waals surface area contributed by atoms with Crippen LogP contribution in [0, 0.1) is 0 Å². The fourth-order valence-corrected chi connectivity index (χ4v) is 3.64. The Morgan fingerprint density at radius 2 is 2.11 bits per heavy atom. The third-order valence-electron chi connectivity index (χ3n) is 2.49. The van der Waals surface area contributed by atoms with Crippen LogP contribution in [-0.4, -0.2) is 11.7 Å². The number of halogens is 1. The van der Waals surface area contributed by atoms with Crippen LogP contribution in [0.4, 0.5) is 0 Å². The van der Waals surface area contributed by atoms with E-state index in [4.69, 9.17) is 0 Å². The van der Waals surface area contributed by atoms with Crippen LogP contribution in [0.5, 0.6) is 0 Å². The van der Waals surface area contributed by atoms with E-state index >= 15 is 0 Å². The molecule has 0 spiro atoms. The highest BCUT2D eigenvalue weighted by molar-refractivity contribution is 9.10. The minimum Gasteiger partial charge on any atom is -0.350 e. The number of thioether (sulfide) groups is 1. The maximum absolute atomic E-state index is 11.7. The van der Waals surface area contributed by atoms with E-state index in [-0.39, 0.29) is 5.91 Å². The minimum atomic E-state index is 0.0884. The van der Waals surface area contributed by atoms with Gasteiger partial charge in [0.25, 0.3) is 0 Å². The van der Waals surface area contributed by atoms with Crippen LogP contribution in [0.25, 0.3) is 0 Å². The summed E-state index contributed by atoms with van der Waals surface area (Å²) in [4.78, 5) is 12.9. The van der Waals surface area contributed by atoms with Crippen LogP contribution in [0.1, 0.15) is 10.4 Å². The fourth-order valence-electron chi connectivity index (χ4n) is 1.52. The summed E-state index contributed by atoms with van der Waals surface area (Å²) >= 11 is 6.79. The molecule has 1 amide bonds. The number of carbonyl (C=O) groups excluding carboxylic acids is 1. The molecule has 0 unspecified atom stereocenters. The van der Waals surface area contributed by atoms with E-state index in [1.807, 2.05) is 35.7 Å². The Kier molecular flexibility index (Phi) is 5.94. The molecule has 5 heteroatoms. The van der Waals surface area contributed by atoms with E-state index in [1.165, 1.54) is 10.4 Å². The summed E-state index contributed by atoms with van der Waals surface area (Å²) in [6.45, 7) is 0.631. The first-order valence-electron chi connectivity index (χ1n) is 5.86. The number of hydrogen-bond acceptors (Lipinski definition) is 3. The number of nitrogens with one attached hydrogen (secondary N) is 1. The molecule has 0 saturated carbocycles. The van der Waals surface area contributed by atoms with Crippen LogP contribution < -0.4 is 5.32 Å². The summed E-state index contributed by atoms with van der Waals surface area (Å²) < 4.78 is 1.10. The van der Waals surface area contributed by atoms with Gasteiger partial charge in [0.05, 0.1) is 12.3 Å². The topological polar surface area (TPSA) is 29.1 Å². The quantitative estimate of drug-likeness (QED) is 0.846. The zero-order valence-corrected chi connectivity index (χ0v) is 13.5. The summed E-state index contributed by atoms with van der Waals surface area (Å²) in [5.74, 6) is 1.42. The van der Waals surface area contributed by atoms with Crippen molar-refractivity contribution in [2.45, 2.75) is 12.3 Å². The summed E-state index contributed by atoms with van der Waals surface area (Å²) in [6.07, 6.45) is 0. The van der Waals surface area contributed by atoms with Crippen LogP contribution in [0.15, 0.2) is 46.3 Å². The molecule has 0 aliphatic rings. The van der Waals surface area contributed by atoms with Crippen molar-refractivity contribution in [1.29, 1.82) is 0 Å². The number of amides is 1. The molecule has 100 valence electrons. The van der Waals surface area contributed by atoms with Crippen LogP contribution in [0.2, 0.25) is 0 Å². The normalized spacial score (nSPS) is 10.4. The predicted octanol–water partition coefficient (Wildman–Crippen LogP) is 4.06. The largest absolute Gasteiger partial charge is 0.350 e. The van der Waals surface area contributed by atoms with Gasteiger partial charge in [0.2, 0.25) is 5.91 Å². The average Bonchev–Trinajstić information content (AvgIpc) is 2.92. The minimum absolute atomic E-state index is 0.0884. The summed E-state index contributed by atoms with van der Waals surface area (Å²) in [6, 6.07) is 12.1. The molecular formula is C14H14BrNOS2. The van der Waals surface area contributed by atoms with Gasteiger partial charge in [-0.05, 0) is 23.1 Å². The Hall–Kier alpha value is -0.780. The second-order valence-electron chi connectivity index (χ2n) is 3.94. The van der Waals surface area contributed by atoms with E-state index in [2.05, 4.69) is 27.3 Å². The van der Waals surface area contributed by atoms with Crippen molar-refractivity contribution in [3.8, 4) is 0 Å². The Morgan fingerprint density at radius 3 is 2.84 bits per heavy atom. The van der Waals surface area contributed by atoms with Gasteiger partial charge in [-0.25, -0.2) is 0 Å². The van der Waals surface area contributed by atoms with Crippen molar-refractivity contribution in [2.75, 3.05) is 5.75 Å². The average molecular weight is 356 g/mol. The van der Waals surface area contributed by atoms with Gasteiger partial charge in [-0.2, -0.15) is 0 Å². The lowest BCUT2D eigenvalue weighted by Gasteiger charge is -2.05. The van der Waals surface area contributed by atoms with Gasteiger partial charge < -0.3 is 5.32 Å². The van der Waals surface area contributed by atoms with Gasteiger partial charge in [-0.1, -0.05) is 40.2 Å². The molecule has 0 radical (unpaired) electrons. The zero-order valence-electron chi connectivity index (χ0n) is 10.3. The standard InChI is InChI=1S/C14H14BrNOS2/c15-13-6-2-1-4-11(13)9-18-10-14(17)16-8-12-5-3-7-19-12/h1-7H,8-10H2,(H,16,17). The summed E-state index contributed by atoms with van der Waals surface area (Å²) in [5, 5.41) is 4.94. The molecule has 1 heterocycles. The van der Waals surface area contributed by atoms with Gasteiger partial charge in [-0.15, -0.1) is 23.1 Å². The molecule has 1 N–H and O–H groups in total. The maximum Gasteiger partial charge on any atom is 0.230 e. The Bertz CT molecular complexity index is 528. The molecule has 1 aromatic heterocycles. The highest BCUT2D eigenvalue weighted by Gasteiger charge is 2.04. The molecule has 0 bridgehead atoms. The van der Waals surface area contributed by atoms with E-state index in [9.17, 15) is 4.79 Å². The number of rotatable bonds is 6. The van der Waals surface area contributed by atoms with Gasteiger partial charge >= 0.3 is 0 Å². The lowest BCUT2D eigenvalue weighted by molar-refractivity contribution is -0.118. The molecule has 19 heavy (non-hydrogen) atoms. The Labute approximate surface area is 129 Å². The van der Waals surface area contributed by atoms with Crippen LogP contribution in [0.3, 0.4) is 0 Å². The summed E-state index contributed by atoms with van der Waals surface area (Å²) in [5.41, 5.74) is 1.22. The first-order valence-corrected chi connectivity index (χ1v) is 8.68. The SMILES string of the molecule is O=C(CSCc1ccccc1Br)NCc1cccs1. The molecular weight excluding hydrogens is 342 g/mol.